The van der Waals surface area contributed by atoms with Crippen LogP contribution >= 0.6 is 0 Å². The Hall–Kier alpha value is -3.46. The van der Waals surface area contributed by atoms with Gasteiger partial charge in [0.25, 0.3) is 5.91 Å². The largest absolute Gasteiger partial charge is 0.373 e. The molecule has 0 atom stereocenters. The molecule has 0 saturated heterocycles. The first-order chi connectivity index (χ1) is 19.8. The van der Waals surface area contributed by atoms with Gasteiger partial charge >= 0.3 is 0 Å². The topological polar surface area (TPSA) is 53.8 Å². The molecule has 4 rings (SSSR count). The van der Waals surface area contributed by atoms with Crippen LogP contribution in [0.1, 0.15) is 15.9 Å². The van der Waals surface area contributed by atoms with E-state index in [4.69, 9.17) is 9.72 Å². The predicted octanol–water partition coefficient (Wildman–Crippen LogP) is 6.69. The average Bonchev–Trinajstić information content (AvgIpc) is 3.30. The molecule has 0 spiro atoms. The van der Waals surface area contributed by atoms with Gasteiger partial charge in [-0.3, -0.25) is 4.79 Å². The highest BCUT2D eigenvalue weighted by molar-refractivity contribution is 6.76. The number of hydrogen-bond acceptors (Lipinski definition) is 5. The van der Waals surface area contributed by atoms with Crippen LogP contribution < -0.4 is 4.90 Å². The van der Waals surface area contributed by atoms with Crippen molar-refractivity contribution < 1.29 is 9.53 Å². The maximum Gasteiger partial charge on any atom is 0.253 e. The molecule has 42 heavy (non-hydrogen) atoms. The summed E-state index contributed by atoms with van der Waals surface area (Å²) in [7, 11) is 8.73. The fourth-order valence-electron chi connectivity index (χ4n) is 4.98. The number of likely N-dealkylation sites (N-methyl/N-ethyl adjacent to an activating group) is 2. The molecule has 0 bridgehead atoms. The highest BCUT2D eigenvalue weighted by atomic mass is 28.3. The Bertz CT molecular complexity index is 1520. The maximum absolute atomic E-state index is 12.5. The van der Waals surface area contributed by atoms with E-state index in [-0.39, 0.29) is 5.91 Å². The van der Waals surface area contributed by atoms with Gasteiger partial charge in [0.15, 0.2) is 0 Å². The van der Waals surface area contributed by atoms with Gasteiger partial charge < -0.3 is 24.0 Å². The third-order valence-corrected chi connectivity index (χ3v) is 9.32. The molecule has 7 nitrogen and oxygen atoms in total. The van der Waals surface area contributed by atoms with Gasteiger partial charge in [-0.25, -0.2) is 4.98 Å². The highest BCUT2D eigenvalue weighted by Crippen LogP contribution is 2.34. The van der Waals surface area contributed by atoms with Gasteiger partial charge in [-0.1, -0.05) is 37.8 Å². The Morgan fingerprint density at radius 2 is 1.60 bits per heavy atom. The lowest BCUT2D eigenvalue weighted by Gasteiger charge is -2.23. The summed E-state index contributed by atoms with van der Waals surface area (Å²) in [5.41, 5.74) is 8.39. The van der Waals surface area contributed by atoms with Gasteiger partial charge in [-0.05, 0) is 74.1 Å². The monoisotopic (exact) mass is 585 g/mol. The van der Waals surface area contributed by atoms with Crippen LogP contribution in [0.15, 0.2) is 60.9 Å². The van der Waals surface area contributed by atoms with Crippen LogP contribution in [-0.4, -0.2) is 88.3 Å². The number of nitrogens with zero attached hydrogens (tertiary/aromatic N) is 5. The van der Waals surface area contributed by atoms with Crippen LogP contribution in [0.4, 0.5) is 5.69 Å². The van der Waals surface area contributed by atoms with Crippen LogP contribution in [0.3, 0.4) is 0 Å². The lowest BCUT2D eigenvalue weighted by atomic mass is 10.00. The van der Waals surface area contributed by atoms with Crippen LogP contribution in [-0.2, 0) is 11.5 Å². The first kappa shape index (κ1) is 31.5. The third-order valence-electron chi connectivity index (χ3n) is 7.61. The Labute approximate surface area is 252 Å². The number of anilines is 1. The molecule has 2 aromatic heterocycles. The summed E-state index contributed by atoms with van der Waals surface area (Å²) < 4.78 is 8.23. The molecule has 0 N–H and O–H groups in total. The quantitative estimate of drug-likeness (QED) is 0.137. The summed E-state index contributed by atoms with van der Waals surface area (Å²) in [6.45, 7) is 12.4. The lowest BCUT2D eigenvalue weighted by Crippen LogP contribution is -2.28. The minimum atomic E-state index is -1.18. The Morgan fingerprint density at radius 3 is 2.21 bits per heavy atom. The summed E-state index contributed by atoms with van der Waals surface area (Å²) in [6.07, 6.45) is 4.10. The molecular weight excluding hydrogens is 538 g/mol. The zero-order valence-electron chi connectivity index (χ0n) is 26.9. The minimum absolute atomic E-state index is 0.00472. The number of fused-ring (bicyclic) bond motifs is 1. The standard InChI is InChI=1S/C34H47N5O2Si/c1-25-20-28(14-15-32(25)38(6)17-16-36(2)3)29-21-30-31(26-10-12-27(13-11-26)34(40)37(4)5)23-39(33(30)35-22-29)24-41-18-19-42(7,8)9/h10-15,20-23H,16-19,24H2,1-9H3. The number of benzene rings is 2. The molecule has 1 amide bonds. The molecule has 0 unspecified atom stereocenters. The first-order valence-corrected chi connectivity index (χ1v) is 18.4. The van der Waals surface area contributed by atoms with Gasteiger partial charge in [0.05, 0.1) is 0 Å². The van der Waals surface area contributed by atoms with E-state index in [0.717, 1.165) is 59.0 Å². The Balaban J connectivity index is 1.70. The molecule has 224 valence electrons. The van der Waals surface area contributed by atoms with Crippen molar-refractivity contribution >= 4 is 30.7 Å². The molecule has 0 radical (unpaired) electrons. The fraction of sp³-hybridized carbons (Fsp3) is 0.412. The second-order valence-corrected chi connectivity index (χ2v) is 18.6. The van der Waals surface area contributed by atoms with Gasteiger partial charge in [0.1, 0.15) is 12.4 Å². The van der Waals surface area contributed by atoms with Gasteiger partial charge in [0, 0.05) is 89.1 Å². The van der Waals surface area contributed by atoms with Crippen molar-refractivity contribution in [3.8, 4) is 22.3 Å². The third kappa shape index (κ3) is 7.67. The van der Waals surface area contributed by atoms with Crippen LogP contribution in [0, 0.1) is 6.92 Å². The highest BCUT2D eigenvalue weighted by Gasteiger charge is 2.17. The maximum atomic E-state index is 12.5. The normalized spacial score (nSPS) is 11.9. The average molecular weight is 586 g/mol. The van der Waals surface area contributed by atoms with E-state index in [1.165, 1.54) is 11.3 Å². The molecule has 0 fully saturated rings. The van der Waals surface area contributed by atoms with Crippen molar-refractivity contribution in [3.05, 3.63) is 72.1 Å². The van der Waals surface area contributed by atoms with Crippen LogP contribution in [0.2, 0.25) is 25.7 Å². The zero-order chi connectivity index (χ0) is 30.6. The molecule has 0 aliphatic heterocycles. The van der Waals surface area contributed by atoms with E-state index in [1.807, 2.05) is 30.5 Å². The van der Waals surface area contributed by atoms with Crippen LogP contribution in [0.5, 0.6) is 0 Å². The van der Waals surface area contributed by atoms with Crippen molar-refractivity contribution in [1.29, 1.82) is 0 Å². The van der Waals surface area contributed by atoms with Gasteiger partial charge in [0.2, 0.25) is 0 Å². The van der Waals surface area contributed by atoms with Crippen molar-refractivity contribution in [2.45, 2.75) is 39.3 Å². The number of pyridine rings is 1. The summed E-state index contributed by atoms with van der Waals surface area (Å²) >= 11 is 0. The van der Waals surface area contributed by atoms with E-state index in [0.29, 0.717) is 12.3 Å². The number of aromatic nitrogens is 2. The number of rotatable bonds is 12. The summed E-state index contributed by atoms with van der Waals surface area (Å²) in [4.78, 5) is 23.5. The number of amides is 1. The van der Waals surface area contributed by atoms with E-state index in [2.05, 4.69) is 92.5 Å². The second kappa shape index (κ2) is 13.2. The molecule has 0 saturated carbocycles. The summed E-state index contributed by atoms with van der Waals surface area (Å²) in [6, 6.07) is 17.9. The smallest absolute Gasteiger partial charge is 0.253 e. The fourth-order valence-corrected chi connectivity index (χ4v) is 5.74. The minimum Gasteiger partial charge on any atom is -0.373 e. The summed E-state index contributed by atoms with van der Waals surface area (Å²) in [5.74, 6) is -0.00472. The van der Waals surface area contributed by atoms with Crippen molar-refractivity contribution in [1.82, 2.24) is 19.4 Å². The molecular formula is C34H47N5O2Si. The number of aryl methyl sites for hydroxylation is 1. The van der Waals surface area contributed by atoms with Crippen molar-refractivity contribution in [2.75, 3.05) is 59.8 Å². The summed E-state index contributed by atoms with van der Waals surface area (Å²) in [5, 5.41) is 1.07. The molecule has 8 heteroatoms. The van der Waals surface area contributed by atoms with Gasteiger partial charge in [-0.15, -0.1) is 0 Å². The molecule has 2 heterocycles. The van der Waals surface area contributed by atoms with E-state index < -0.39 is 8.07 Å². The van der Waals surface area contributed by atoms with Crippen molar-refractivity contribution in [3.63, 3.8) is 0 Å². The number of carbonyl (C=O) groups excluding carboxylic acids is 1. The molecule has 2 aromatic carbocycles. The van der Waals surface area contributed by atoms with E-state index >= 15 is 0 Å². The van der Waals surface area contributed by atoms with Gasteiger partial charge in [-0.2, -0.15) is 0 Å². The Kier molecular flexibility index (Phi) is 9.92. The molecule has 0 aliphatic rings. The number of hydrogen-bond donors (Lipinski definition) is 0. The number of carbonyl (C=O) groups is 1. The predicted molar refractivity (Wildman–Crippen MR) is 179 cm³/mol. The van der Waals surface area contributed by atoms with E-state index in [1.54, 1.807) is 19.0 Å². The zero-order valence-corrected chi connectivity index (χ0v) is 27.9. The van der Waals surface area contributed by atoms with E-state index in [9.17, 15) is 4.79 Å². The molecule has 0 aliphatic carbocycles. The Morgan fingerprint density at radius 1 is 0.905 bits per heavy atom. The van der Waals surface area contributed by atoms with Crippen molar-refractivity contribution in [2.24, 2.45) is 0 Å². The lowest BCUT2D eigenvalue weighted by molar-refractivity contribution is 0.0827. The first-order valence-electron chi connectivity index (χ1n) is 14.7. The SMILES string of the molecule is Cc1cc(-c2cnc3c(c2)c(-c2ccc(C(=O)N(C)C)cc2)cn3COCC[Si](C)(C)C)ccc1N(C)CCN(C)C. The number of ether oxygens (including phenoxy) is 1. The molecule has 4 aromatic rings. The second-order valence-electron chi connectivity index (χ2n) is 13.0. The van der Waals surface area contributed by atoms with Crippen LogP contribution in [0.25, 0.3) is 33.3 Å².